The number of urea groups is 1. The van der Waals surface area contributed by atoms with Crippen LogP contribution >= 0.6 is 11.3 Å². The summed E-state index contributed by atoms with van der Waals surface area (Å²) in [5.41, 5.74) is 2.27. The molecule has 2 aromatic rings. The van der Waals surface area contributed by atoms with Crippen LogP contribution in [0, 0.1) is 0 Å². The Bertz CT molecular complexity index is 533. The van der Waals surface area contributed by atoms with Gasteiger partial charge in [0.05, 0.1) is 12.5 Å². The highest BCUT2D eigenvalue weighted by Crippen LogP contribution is 2.23. The fourth-order valence-electron chi connectivity index (χ4n) is 2.10. The van der Waals surface area contributed by atoms with Crippen LogP contribution in [0.4, 0.5) is 4.79 Å². The van der Waals surface area contributed by atoms with Crippen molar-refractivity contribution in [3.63, 3.8) is 0 Å². The predicted molar refractivity (Wildman–Crippen MR) is 69.4 cm³/mol. The smallest absolute Gasteiger partial charge is 0.317 e. The highest BCUT2D eigenvalue weighted by atomic mass is 32.1. The third-order valence-electron chi connectivity index (χ3n) is 3.12. The number of fused-ring (bicyclic) bond motifs is 1. The normalized spacial score (nSPS) is 14.3. The maximum absolute atomic E-state index is 12.0. The maximum atomic E-state index is 12.0. The van der Waals surface area contributed by atoms with E-state index in [1.54, 1.807) is 23.9 Å². The molecule has 0 aromatic carbocycles. The topological polar surface area (TPSA) is 45.5 Å². The second-order valence-electron chi connectivity index (χ2n) is 4.33. The Morgan fingerprint density at radius 2 is 2.44 bits per heavy atom. The molecule has 2 amide bonds. The molecule has 94 valence electrons. The van der Waals surface area contributed by atoms with Gasteiger partial charge in [-0.1, -0.05) is 0 Å². The van der Waals surface area contributed by atoms with Crippen LogP contribution in [0.2, 0.25) is 0 Å². The van der Waals surface area contributed by atoms with Crippen LogP contribution in [0.1, 0.15) is 16.0 Å². The van der Waals surface area contributed by atoms with E-state index in [9.17, 15) is 4.79 Å². The molecule has 0 saturated heterocycles. The van der Waals surface area contributed by atoms with Gasteiger partial charge in [0.15, 0.2) is 0 Å². The molecule has 0 unspecified atom stereocenters. The van der Waals surface area contributed by atoms with Crippen molar-refractivity contribution in [1.82, 2.24) is 10.2 Å². The van der Waals surface area contributed by atoms with E-state index in [0.717, 1.165) is 25.1 Å². The van der Waals surface area contributed by atoms with Crippen LogP contribution in [-0.4, -0.2) is 17.5 Å². The van der Waals surface area contributed by atoms with E-state index in [-0.39, 0.29) is 6.03 Å². The Balaban J connectivity index is 1.57. The summed E-state index contributed by atoms with van der Waals surface area (Å²) in [5.74, 6) is 0. The number of furan rings is 1. The minimum atomic E-state index is -0.00644. The minimum absolute atomic E-state index is 0.00644. The molecular formula is C13H14N2O2S. The number of amides is 2. The van der Waals surface area contributed by atoms with Gasteiger partial charge in [-0.25, -0.2) is 4.79 Å². The highest BCUT2D eigenvalue weighted by molar-refractivity contribution is 7.10. The third-order valence-corrected chi connectivity index (χ3v) is 4.14. The van der Waals surface area contributed by atoms with Crippen molar-refractivity contribution in [3.05, 3.63) is 46.0 Å². The Kier molecular flexibility index (Phi) is 3.06. The van der Waals surface area contributed by atoms with Crippen LogP contribution in [0.25, 0.3) is 0 Å². The zero-order valence-electron chi connectivity index (χ0n) is 9.89. The standard InChI is InChI=1S/C13H14N2O2S/c16-13(14-7-10-2-5-17-9-10)15-4-1-12-11(8-15)3-6-18-12/h2-3,5-6,9H,1,4,7-8H2,(H,14,16). The van der Waals surface area contributed by atoms with Gasteiger partial charge < -0.3 is 14.6 Å². The number of hydrogen-bond donors (Lipinski definition) is 1. The molecule has 1 N–H and O–H groups in total. The van der Waals surface area contributed by atoms with Gasteiger partial charge in [0.1, 0.15) is 0 Å². The van der Waals surface area contributed by atoms with E-state index in [2.05, 4.69) is 16.8 Å². The second-order valence-corrected chi connectivity index (χ2v) is 5.33. The summed E-state index contributed by atoms with van der Waals surface area (Å²) in [7, 11) is 0. The molecule has 0 atom stereocenters. The van der Waals surface area contributed by atoms with Gasteiger partial charge in [-0.3, -0.25) is 0 Å². The highest BCUT2D eigenvalue weighted by Gasteiger charge is 2.20. The van der Waals surface area contributed by atoms with Gasteiger partial charge >= 0.3 is 6.03 Å². The molecule has 0 fully saturated rings. The molecule has 0 radical (unpaired) electrons. The molecule has 2 aromatic heterocycles. The number of carbonyl (C=O) groups is 1. The van der Waals surface area contributed by atoms with Crippen LogP contribution < -0.4 is 5.32 Å². The molecule has 0 saturated carbocycles. The van der Waals surface area contributed by atoms with Crippen molar-refractivity contribution >= 4 is 17.4 Å². The molecule has 18 heavy (non-hydrogen) atoms. The van der Waals surface area contributed by atoms with E-state index >= 15 is 0 Å². The SMILES string of the molecule is O=C(NCc1ccoc1)N1CCc2sccc2C1. The lowest BCUT2D eigenvalue weighted by molar-refractivity contribution is 0.192. The van der Waals surface area contributed by atoms with Gasteiger partial charge in [-0.2, -0.15) is 0 Å². The lowest BCUT2D eigenvalue weighted by atomic mass is 10.1. The van der Waals surface area contributed by atoms with E-state index in [1.807, 2.05) is 11.0 Å². The van der Waals surface area contributed by atoms with Gasteiger partial charge in [-0.15, -0.1) is 11.3 Å². The zero-order valence-corrected chi connectivity index (χ0v) is 10.7. The molecule has 1 aliphatic rings. The number of thiophene rings is 1. The molecule has 5 heteroatoms. The van der Waals surface area contributed by atoms with Gasteiger partial charge in [0.2, 0.25) is 0 Å². The van der Waals surface area contributed by atoms with Gasteiger partial charge in [-0.05, 0) is 29.5 Å². The van der Waals surface area contributed by atoms with E-state index < -0.39 is 0 Å². The molecule has 1 aliphatic heterocycles. The fourth-order valence-corrected chi connectivity index (χ4v) is 2.99. The molecule has 3 rings (SSSR count). The molecular weight excluding hydrogens is 248 g/mol. The number of carbonyl (C=O) groups excluding carboxylic acids is 1. The molecule has 0 aliphatic carbocycles. The summed E-state index contributed by atoms with van der Waals surface area (Å²) in [6.45, 7) is 2.03. The summed E-state index contributed by atoms with van der Waals surface area (Å²) in [6.07, 6.45) is 4.22. The van der Waals surface area contributed by atoms with Crippen LogP contribution in [0.3, 0.4) is 0 Å². The largest absolute Gasteiger partial charge is 0.472 e. The fraction of sp³-hybridized carbons (Fsp3) is 0.308. The summed E-state index contributed by atoms with van der Waals surface area (Å²) in [6, 6.07) is 3.95. The average Bonchev–Trinajstić information content (AvgIpc) is 3.05. The molecule has 4 nitrogen and oxygen atoms in total. The van der Waals surface area contributed by atoms with Crippen molar-refractivity contribution in [3.8, 4) is 0 Å². The monoisotopic (exact) mass is 262 g/mol. The number of nitrogens with zero attached hydrogens (tertiary/aromatic N) is 1. The summed E-state index contributed by atoms with van der Waals surface area (Å²) in [5, 5.41) is 5.00. The quantitative estimate of drug-likeness (QED) is 0.904. The Morgan fingerprint density at radius 1 is 1.50 bits per heavy atom. The average molecular weight is 262 g/mol. The van der Waals surface area contributed by atoms with Crippen molar-refractivity contribution in [2.75, 3.05) is 6.54 Å². The van der Waals surface area contributed by atoms with Crippen molar-refractivity contribution in [2.24, 2.45) is 0 Å². The van der Waals surface area contributed by atoms with Crippen LogP contribution in [0.15, 0.2) is 34.5 Å². The zero-order chi connectivity index (χ0) is 12.4. The first-order valence-corrected chi connectivity index (χ1v) is 6.80. The first kappa shape index (κ1) is 11.3. The maximum Gasteiger partial charge on any atom is 0.317 e. The lowest BCUT2D eigenvalue weighted by Gasteiger charge is -2.27. The minimum Gasteiger partial charge on any atom is -0.472 e. The second kappa shape index (κ2) is 4.86. The predicted octanol–water partition coefficient (Wildman–Crippen LogP) is 2.61. The van der Waals surface area contributed by atoms with E-state index in [0.29, 0.717) is 6.54 Å². The van der Waals surface area contributed by atoms with Crippen LogP contribution in [0.5, 0.6) is 0 Å². The van der Waals surface area contributed by atoms with E-state index in [4.69, 9.17) is 4.42 Å². The molecule has 0 bridgehead atoms. The summed E-state index contributed by atoms with van der Waals surface area (Å²) < 4.78 is 4.96. The number of rotatable bonds is 2. The Labute approximate surface area is 109 Å². The molecule has 3 heterocycles. The lowest BCUT2D eigenvalue weighted by Crippen LogP contribution is -2.42. The Hall–Kier alpha value is -1.75. The number of hydrogen-bond acceptors (Lipinski definition) is 3. The van der Waals surface area contributed by atoms with Crippen molar-refractivity contribution < 1.29 is 9.21 Å². The van der Waals surface area contributed by atoms with Gasteiger partial charge in [0.25, 0.3) is 0 Å². The molecule has 0 spiro atoms. The van der Waals surface area contributed by atoms with Crippen molar-refractivity contribution in [1.29, 1.82) is 0 Å². The van der Waals surface area contributed by atoms with E-state index in [1.165, 1.54) is 10.4 Å². The van der Waals surface area contributed by atoms with Crippen molar-refractivity contribution in [2.45, 2.75) is 19.5 Å². The number of nitrogens with one attached hydrogen (secondary N) is 1. The third kappa shape index (κ3) is 2.26. The van der Waals surface area contributed by atoms with Gasteiger partial charge in [0, 0.05) is 30.1 Å². The summed E-state index contributed by atoms with van der Waals surface area (Å²) >= 11 is 1.78. The Morgan fingerprint density at radius 3 is 3.28 bits per heavy atom. The first-order chi connectivity index (χ1) is 8.83. The van der Waals surface area contributed by atoms with Crippen LogP contribution in [-0.2, 0) is 19.5 Å². The first-order valence-electron chi connectivity index (χ1n) is 5.92. The summed E-state index contributed by atoms with van der Waals surface area (Å²) in [4.78, 5) is 15.3.